The van der Waals surface area contributed by atoms with Crippen LogP contribution in [-0.4, -0.2) is 24.6 Å². The van der Waals surface area contributed by atoms with Crippen molar-refractivity contribution in [3.05, 3.63) is 47.6 Å². The molecule has 0 amide bonds. The molecule has 7 heteroatoms. The summed E-state index contributed by atoms with van der Waals surface area (Å²) in [7, 11) is 0. The van der Waals surface area contributed by atoms with Crippen molar-refractivity contribution in [1.82, 2.24) is 24.6 Å². The van der Waals surface area contributed by atoms with Gasteiger partial charge in [-0.05, 0) is 32.0 Å². The van der Waals surface area contributed by atoms with Crippen molar-refractivity contribution in [2.45, 2.75) is 24.8 Å². The number of thioether (sulfide) groups is 1. The van der Waals surface area contributed by atoms with Crippen LogP contribution in [0.15, 0.2) is 39.9 Å². The first-order valence-electron chi connectivity index (χ1n) is 6.87. The Kier molecular flexibility index (Phi) is 3.07. The molecule has 110 valence electrons. The Morgan fingerprint density at radius 3 is 2.86 bits per heavy atom. The van der Waals surface area contributed by atoms with Crippen LogP contribution in [0.25, 0.3) is 16.9 Å². The predicted molar refractivity (Wildman–Crippen MR) is 83.8 cm³/mol. The first-order valence-corrected chi connectivity index (χ1v) is 7.86. The van der Waals surface area contributed by atoms with Gasteiger partial charge in [-0.2, -0.15) is 4.98 Å². The molecule has 0 spiro atoms. The highest BCUT2D eigenvalue weighted by molar-refractivity contribution is 7.98. The van der Waals surface area contributed by atoms with Gasteiger partial charge in [0.2, 0.25) is 11.0 Å². The molecule has 4 aromatic rings. The molecule has 0 saturated heterocycles. The van der Waals surface area contributed by atoms with Gasteiger partial charge < -0.3 is 4.42 Å². The first kappa shape index (κ1) is 13.3. The zero-order valence-electron chi connectivity index (χ0n) is 12.1. The third-order valence-electron chi connectivity index (χ3n) is 3.26. The van der Waals surface area contributed by atoms with Crippen molar-refractivity contribution in [3.63, 3.8) is 0 Å². The smallest absolute Gasteiger partial charge is 0.253 e. The molecule has 4 rings (SSSR count). The van der Waals surface area contributed by atoms with Gasteiger partial charge in [0, 0.05) is 11.4 Å². The molecule has 0 unspecified atom stereocenters. The molecule has 0 aliphatic carbocycles. The van der Waals surface area contributed by atoms with E-state index >= 15 is 0 Å². The number of oxazole rings is 1. The van der Waals surface area contributed by atoms with Gasteiger partial charge in [-0.15, -0.1) is 5.10 Å². The Balaban J connectivity index is 1.59. The lowest BCUT2D eigenvalue weighted by atomic mass is 10.3. The maximum Gasteiger partial charge on any atom is 0.253 e. The minimum absolute atomic E-state index is 0.587. The maximum atomic E-state index is 5.70. The first-order chi connectivity index (χ1) is 10.7. The molecule has 0 saturated carbocycles. The van der Waals surface area contributed by atoms with Crippen molar-refractivity contribution in [1.29, 1.82) is 0 Å². The fourth-order valence-electron chi connectivity index (χ4n) is 2.32. The summed E-state index contributed by atoms with van der Waals surface area (Å²) in [5, 5.41) is 5.13. The van der Waals surface area contributed by atoms with Gasteiger partial charge in [-0.1, -0.05) is 23.9 Å². The summed E-state index contributed by atoms with van der Waals surface area (Å²) < 4.78 is 7.45. The van der Waals surface area contributed by atoms with Gasteiger partial charge in [0.1, 0.15) is 5.52 Å². The topological polar surface area (TPSA) is 69.1 Å². The third kappa shape index (κ3) is 2.33. The standard InChI is InChI=1S/C15H13N5OS/c1-9-7-10(2)20-14(16-9)18-15(19-20)22-8-13-17-11-5-3-4-6-12(11)21-13/h3-7H,8H2,1-2H3. The highest BCUT2D eigenvalue weighted by Crippen LogP contribution is 2.23. The van der Waals surface area contributed by atoms with Crippen LogP contribution >= 0.6 is 11.8 Å². The van der Waals surface area contributed by atoms with E-state index in [1.807, 2.05) is 44.2 Å². The van der Waals surface area contributed by atoms with E-state index in [-0.39, 0.29) is 0 Å². The van der Waals surface area contributed by atoms with Crippen LogP contribution < -0.4 is 0 Å². The molecule has 0 radical (unpaired) electrons. The average Bonchev–Trinajstić information content (AvgIpc) is 3.07. The van der Waals surface area contributed by atoms with E-state index < -0.39 is 0 Å². The molecule has 6 nitrogen and oxygen atoms in total. The Hall–Kier alpha value is -2.41. The average molecular weight is 311 g/mol. The second-order valence-corrected chi connectivity index (χ2v) is 5.95. The number of fused-ring (bicyclic) bond motifs is 2. The fourth-order valence-corrected chi connectivity index (χ4v) is 2.98. The van der Waals surface area contributed by atoms with Crippen molar-refractivity contribution in [2.75, 3.05) is 0 Å². The summed E-state index contributed by atoms with van der Waals surface area (Å²) in [6.45, 7) is 3.94. The van der Waals surface area contributed by atoms with Crippen LogP contribution in [0.1, 0.15) is 17.3 Å². The molecule has 3 heterocycles. The minimum atomic E-state index is 0.587. The monoisotopic (exact) mass is 311 g/mol. The van der Waals surface area contributed by atoms with Crippen LogP contribution in [0, 0.1) is 13.8 Å². The molecule has 0 bridgehead atoms. The largest absolute Gasteiger partial charge is 0.440 e. The molecule has 0 N–H and O–H groups in total. The molecule has 0 fully saturated rings. The molecular formula is C15H13N5OS. The number of para-hydroxylation sites is 2. The fraction of sp³-hybridized carbons (Fsp3) is 0.200. The lowest BCUT2D eigenvalue weighted by molar-refractivity contribution is 0.556. The van der Waals surface area contributed by atoms with Crippen molar-refractivity contribution in [3.8, 4) is 0 Å². The highest BCUT2D eigenvalue weighted by Gasteiger charge is 2.11. The summed E-state index contributed by atoms with van der Waals surface area (Å²) in [6, 6.07) is 9.71. The lowest BCUT2D eigenvalue weighted by Crippen LogP contribution is -1.97. The van der Waals surface area contributed by atoms with Crippen LogP contribution in [0.3, 0.4) is 0 Å². The molecule has 1 aromatic carbocycles. The highest BCUT2D eigenvalue weighted by atomic mass is 32.2. The summed E-state index contributed by atoms with van der Waals surface area (Å²) >= 11 is 1.49. The molecule has 0 atom stereocenters. The summed E-state index contributed by atoms with van der Waals surface area (Å²) in [6.07, 6.45) is 0. The molecule has 22 heavy (non-hydrogen) atoms. The van der Waals surface area contributed by atoms with E-state index in [0.717, 1.165) is 22.5 Å². The zero-order chi connectivity index (χ0) is 15.1. The summed E-state index contributed by atoms with van der Waals surface area (Å²) in [5.74, 6) is 1.88. The van der Waals surface area contributed by atoms with Crippen LogP contribution in [0.4, 0.5) is 0 Å². The number of aromatic nitrogens is 5. The second-order valence-electron chi connectivity index (χ2n) is 5.01. The van der Waals surface area contributed by atoms with E-state index in [0.29, 0.717) is 22.6 Å². The van der Waals surface area contributed by atoms with Crippen LogP contribution in [0.5, 0.6) is 0 Å². The normalized spacial score (nSPS) is 11.5. The quantitative estimate of drug-likeness (QED) is 0.541. The Labute approximate surface area is 130 Å². The Morgan fingerprint density at radius 1 is 1.14 bits per heavy atom. The van der Waals surface area contributed by atoms with Crippen LogP contribution in [0.2, 0.25) is 0 Å². The number of nitrogens with zero attached hydrogens (tertiary/aromatic N) is 5. The Morgan fingerprint density at radius 2 is 2.00 bits per heavy atom. The van der Waals surface area contributed by atoms with Crippen molar-refractivity contribution in [2.24, 2.45) is 0 Å². The number of hydrogen-bond donors (Lipinski definition) is 0. The van der Waals surface area contributed by atoms with E-state index in [1.54, 1.807) is 4.52 Å². The SMILES string of the molecule is Cc1cc(C)n2nc(SCc3nc4ccccc4o3)nc2n1. The Bertz CT molecular complexity index is 942. The molecule has 3 aromatic heterocycles. The van der Waals surface area contributed by atoms with E-state index in [2.05, 4.69) is 20.1 Å². The predicted octanol–water partition coefficient (Wildman–Crippen LogP) is 3.17. The van der Waals surface area contributed by atoms with Gasteiger partial charge in [0.15, 0.2) is 5.58 Å². The number of rotatable bonds is 3. The van der Waals surface area contributed by atoms with Gasteiger partial charge in [0.25, 0.3) is 5.78 Å². The van der Waals surface area contributed by atoms with Gasteiger partial charge >= 0.3 is 0 Å². The maximum absolute atomic E-state index is 5.70. The van der Waals surface area contributed by atoms with Crippen molar-refractivity contribution >= 4 is 28.6 Å². The number of aryl methyl sites for hydroxylation is 2. The van der Waals surface area contributed by atoms with E-state index in [4.69, 9.17) is 4.42 Å². The van der Waals surface area contributed by atoms with Gasteiger partial charge in [-0.3, -0.25) is 0 Å². The number of benzene rings is 1. The number of hydrogen-bond acceptors (Lipinski definition) is 6. The lowest BCUT2D eigenvalue weighted by Gasteiger charge is -1.97. The molecular weight excluding hydrogens is 298 g/mol. The van der Waals surface area contributed by atoms with E-state index in [9.17, 15) is 0 Å². The van der Waals surface area contributed by atoms with Gasteiger partial charge in [0.05, 0.1) is 5.75 Å². The minimum Gasteiger partial charge on any atom is -0.440 e. The molecule has 0 aliphatic rings. The van der Waals surface area contributed by atoms with E-state index in [1.165, 1.54) is 11.8 Å². The zero-order valence-corrected chi connectivity index (χ0v) is 13.0. The third-order valence-corrected chi connectivity index (χ3v) is 4.08. The summed E-state index contributed by atoms with van der Waals surface area (Å²) in [5.41, 5.74) is 3.63. The molecule has 0 aliphatic heterocycles. The van der Waals surface area contributed by atoms with Gasteiger partial charge in [-0.25, -0.2) is 14.5 Å². The second kappa shape index (κ2) is 5.10. The summed E-state index contributed by atoms with van der Waals surface area (Å²) in [4.78, 5) is 13.3. The van der Waals surface area contributed by atoms with Crippen molar-refractivity contribution < 1.29 is 4.42 Å². The van der Waals surface area contributed by atoms with Crippen LogP contribution in [-0.2, 0) is 5.75 Å².